The number of carbonyl (C=O) groups is 1. The third kappa shape index (κ3) is 4.79. The molecule has 2 atom stereocenters. The van der Waals surface area contributed by atoms with Crippen molar-refractivity contribution in [3.63, 3.8) is 0 Å². The number of aromatic nitrogens is 2. The molecule has 1 fully saturated rings. The molecule has 0 bridgehead atoms. The van der Waals surface area contributed by atoms with Gasteiger partial charge in [0, 0.05) is 24.6 Å². The van der Waals surface area contributed by atoms with E-state index in [1.807, 2.05) is 79.1 Å². The lowest BCUT2D eigenvalue weighted by atomic mass is 10.1. The Morgan fingerprint density at radius 3 is 2.61 bits per heavy atom. The Balaban J connectivity index is 1.36. The molecule has 1 aliphatic heterocycles. The molecule has 1 aromatic heterocycles. The number of ether oxygens (including phenoxy) is 2. The van der Waals surface area contributed by atoms with Crippen LogP contribution < -0.4 is 14.4 Å². The number of methoxy groups -OCH3 is 1. The van der Waals surface area contributed by atoms with E-state index in [2.05, 4.69) is 6.07 Å². The summed E-state index contributed by atoms with van der Waals surface area (Å²) in [5, 5.41) is 10.9. The number of para-hydroxylation sites is 2. The zero-order chi connectivity index (χ0) is 25.2. The Morgan fingerprint density at radius 1 is 1.08 bits per heavy atom. The number of aliphatic hydroxyl groups is 1. The number of carbonyl (C=O) groups excluding carboxylic acids is 1. The molecule has 186 valence electrons. The fraction of sp³-hybridized carbons (Fsp3) is 0.310. The molecule has 7 nitrogen and oxygen atoms in total. The Bertz CT molecular complexity index is 1380. The molecule has 1 saturated heterocycles. The average Bonchev–Trinajstić information content (AvgIpc) is 3.44. The largest absolute Gasteiger partial charge is 0.497 e. The van der Waals surface area contributed by atoms with Crippen LogP contribution in [0.3, 0.4) is 0 Å². The monoisotopic (exact) mass is 485 g/mol. The summed E-state index contributed by atoms with van der Waals surface area (Å²) in [6.07, 6.45) is -0.373. The lowest BCUT2D eigenvalue weighted by Crippen LogP contribution is -2.26. The van der Waals surface area contributed by atoms with E-state index in [1.165, 1.54) is 5.56 Å². The molecule has 1 N–H and O–H groups in total. The number of amides is 1. The van der Waals surface area contributed by atoms with Gasteiger partial charge in [-0.25, -0.2) is 4.98 Å². The average molecular weight is 486 g/mol. The van der Waals surface area contributed by atoms with Crippen molar-refractivity contribution < 1.29 is 19.4 Å². The van der Waals surface area contributed by atoms with Crippen LogP contribution in [0.2, 0.25) is 0 Å². The van der Waals surface area contributed by atoms with Crippen molar-refractivity contribution in [2.75, 3.05) is 25.2 Å². The molecule has 1 amide bonds. The summed E-state index contributed by atoms with van der Waals surface area (Å²) in [4.78, 5) is 19.7. The van der Waals surface area contributed by atoms with E-state index in [1.54, 1.807) is 12.0 Å². The molecular formula is C29H31N3O4. The number of benzene rings is 3. The topological polar surface area (TPSA) is 76.8 Å². The quantitative estimate of drug-likeness (QED) is 0.394. The van der Waals surface area contributed by atoms with E-state index in [0.717, 1.165) is 39.6 Å². The van der Waals surface area contributed by atoms with E-state index in [0.29, 0.717) is 19.5 Å². The van der Waals surface area contributed by atoms with Gasteiger partial charge in [-0.2, -0.15) is 0 Å². The van der Waals surface area contributed by atoms with Gasteiger partial charge < -0.3 is 24.0 Å². The molecule has 36 heavy (non-hydrogen) atoms. The van der Waals surface area contributed by atoms with E-state index in [4.69, 9.17) is 14.5 Å². The summed E-state index contributed by atoms with van der Waals surface area (Å²) >= 11 is 0. The minimum atomic E-state index is -0.739. The zero-order valence-corrected chi connectivity index (χ0v) is 20.8. The van der Waals surface area contributed by atoms with Crippen molar-refractivity contribution in [3.8, 4) is 11.5 Å². The number of nitrogens with zero attached hydrogens (tertiary/aromatic N) is 3. The second-order valence-electron chi connectivity index (χ2n) is 9.41. The molecule has 7 heteroatoms. The first kappa shape index (κ1) is 23.9. The summed E-state index contributed by atoms with van der Waals surface area (Å²) in [5.41, 5.74) is 4.84. The maximum atomic E-state index is 13.0. The second kappa shape index (κ2) is 10.0. The lowest BCUT2D eigenvalue weighted by molar-refractivity contribution is -0.117. The molecule has 5 rings (SSSR count). The predicted octanol–water partition coefficient (Wildman–Crippen LogP) is 4.62. The smallest absolute Gasteiger partial charge is 0.227 e. The minimum Gasteiger partial charge on any atom is -0.497 e. The summed E-state index contributed by atoms with van der Waals surface area (Å²) in [5.74, 6) is 2.31. The van der Waals surface area contributed by atoms with Crippen LogP contribution in [0.5, 0.6) is 11.5 Å². The Labute approximate surface area is 210 Å². The molecule has 0 saturated carbocycles. The van der Waals surface area contributed by atoms with Crippen molar-refractivity contribution in [2.45, 2.75) is 38.8 Å². The third-order valence-electron chi connectivity index (χ3n) is 6.71. The molecule has 0 unspecified atom stereocenters. The maximum absolute atomic E-state index is 13.0. The fourth-order valence-corrected chi connectivity index (χ4v) is 4.90. The van der Waals surface area contributed by atoms with Gasteiger partial charge in [-0.1, -0.05) is 29.8 Å². The van der Waals surface area contributed by atoms with Crippen LogP contribution in [0, 0.1) is 13.8 Å². The number of hydrogen-bond donors (Lipinski definition) is 1. The number of fused-ring (bicyclic) bond motifs is 1. The normalized spacial score (nSPS) is 16.5. The third-order valence-corrected chi connectivity index (χ3v) is 6.71. The first-order valence-electron chi connectivity index (χ1n) is 12.2. The molecule has 0 aliphatic carbocycles. The Hall–Kier alpha value is -3.84. The summed E-state index contributed by atoms with van der Waals surface area (Å²) < 4.78 is 13.2. The molecule has 3 aromatic carbocycles. The highest BCUT2D eigenvalue weighted by atomic mass is 16.5. The number of aliphatic hydroxyl groups excluding tert-OH is 1. The van der Waals surface area contributed by atoms with E-state index in [9.17, 15) is 9.90 Å². The van der Waals surface area contributed by atoms with Gasteiger partial charge in [0.2, 0.25) is 5.91 Å². The van der Waals surface area contributed by atoms with Crippen molar-refractivity contribution in [1.82, 2.24) is 9.55 Å². The summed E-state index contributed by atoms with van der Waals surface area (Å²) in [6, 6.07) is 21.4. The maximum Gasteiger partial charge on any atom is 0.227 e. The van der Waals surface area contributed by atoms with Gasteiger partial charge in [0.25, 0.3) is 0 Å². The van der Waals surface area contributed by atoms with Crippen LogP contribution in [0.1, 0.15) is 29.3 Å². The van der Waals surface area contributed by atoms with Crippen LogP contribution in [-0.4, -0.2) is 46.9 Å². The highest BCUT2D eigenvalue weighted by molar-refractivity contribution is 5.96. The SMILES string of the molecule is COc1ccc(N2C[C@@H](c3nc4ccccc4n3C[C@H](O)COc3ccc(C)cc3C)CC2=O)cc1. The Kier molecular flexibility index (Phi) is 6.65. The van der Waals surface area contributed by atoms with E-state index < -0.39 is 6.10 Å². The molecule has 2 heterocycles. The van der Waals surface area contributed by atoms with Crippen molar-refractivity contribution in [3.05, 3.63) is 83.7 Å². The van der Waals surface area contributed by atoms with Crippen LogP contribution in [0.4, 0.5) is 5.69 Å². The number of rotatable bonds is 8. The highest BCUT2D eigenvalue weighted by Crippen LogP contribution is 2.34. The predicted molar refractivity (Wildman–Crippen MR) is 140 cm³/mol. The summed E-state index contributed by atoms with van der Waals surface area (Å²) in [6.45, 7) is 5.07. The molecule has 0 radical (unpaired) electrons. The van der Waals surface area contributed by atoms with E-state index >= 15 is 0 Å². The van der Waals surface area contributed by atoms with Crippen molar-refractivity contribution in [1.29, 1.82) is 0 Å². The minimum absolute atomic E-state index is 0.0579. The van der Waals surface area contributed by atoms with Gasteiger partial charge in [-0.05, 0) is 61.9 Å². The van der Waals surface area contributed by atoms with Crippen LogP contribution in [0.25, 0.3) is 11.0 Å². The second-order valence-corrected chi connectivity index (χ2v) is 9.41. The van der Waals surface area contributed by atoms with E-state index in [-0.39, 0.29) is 18.4 Å². The van der Waals surface area contributed by atoms with Gasteiger partial charge in [0.05, 0.1) is 24.7 Å². The van der Waals surface area contributed by atoms with Gasteiger partial charge >= 0.3 is 0 Å². The fourth-order valence-electron chi connectivity index (χ4n) is 4.90. The van der Waals surface area contributed by atoms with Crippen molar-refractivity contribution in [2.24, 2.45) is 0 Å². The standard InChI is InChI=1S/C29H31N3O4/c1-19-8-13-27(20(2)14-19)36-18-23(33)17-32-26-7-5-4-6-25(26)30-29(32)21-15-28(34)31(16-21)22-9-11-24(35-3)12-10-22/h4-14,21,23,33H,15-18H2,1-3H3/t21-,23-/m0/s1. The number of aryl methyl sites for hydroxylation is 2. The van der Waals surface area contributed by atoms with Gasteiger partial charge in [0.15, 0.2) is 0 Å². The lowest BCUT2D eigenvalue weighted by Gasteiger charge is -2.19. The molecule has 0 spiro atoms. The van der Waals surface area contributed by atoms with Crippen LogP contribution >= 0.6 is 0 Å². The number of anilines is 1. The van der Waals surface area contributed by atoms with Gasteiger partial charge in [-0.3, -0.25) is 4.79 Å². The van der Waals surface area contributed by atoms with Crippen LogP contribution in [-0.2, 0) is 11.3 Å². The number of hydrogen-bond acceptors (Lipinski definition) is 5. The number of imidazole rings is 1. The molecule has 4 aromatic rings. The van der Waals surface area contributed by atoms with Gasteiger partial charge in [0.1, 0.15) is 30.0 Å². The Morgan fingerprint density at radius 2 is 1.86 bits per heavy atom. The highest BCUT2D eigenvalue weighted by Gasteiger charge is 2.35. The zero-order valence-electron chi connectivity index (χ0n) is 20.8. The van der Waals surface area contributed by atoms with Crippen LogP contribution in [0.15, 0.2) is 66.7 Å². The first-order valence-corrected chi connectivity index (χ1v) is 12.2. The summed E-state index contributed by atoms with van der Waals surface area (Å²) in [7, 11) is 1.62. The van der Waals surface area contributed by atoms with Gasteiger partial charge in [-0.15, -0.1) is 0 Å². The molecule has 1 aliphatic rings. The first-order chi connectivity index (χ1) is 17.4. The molecular weight excluding hydrogens is 454 g/mol. The van der Waals surface area contributed by atoms with Crippen molar-refractivity contribution >= 4 is 22.6 Å².